The summed E-state index contributed by atoms with van der Waals surface area (Å²) in [5.74, 6) is 0.634. The zero-order chi connectivity index (χ0) is 32.3. The highest BCUT2D eigenvalue weighted by atomic mass is 16.3. The van der Waals surface area contributed by atoms with E-state index >= 15 is 0 Å². The molecule has 10 rings (SSSR count). The maximum atomic E-state index is 6.58. The van der Waals surface area contributed by atoms with Crippen LogP contribution in [-0.4, -0.2) is 4.98 Å². The van der Waals surface area contributed by atoms with Crippen molar-refractivity contribution in [2.45, 2.75) is 6.42 Å². The maximum absolute atomic E-state index is 6.58. The molecule has 0 saturated heterocycles. The Morgan fingerprint density at radius 1 is 0.510 bits per heavy atom. The molecule has 1 aromatic heterocycles. The Morgan fingerprint density at radius 3 is 2.00 bits per heavy atom. The minimum absolute atomic E-state index is 0.634. The minimum Gasteiger partial charge on any atom is -0.435 e. The van der Waals surface area contributed by atoms with Crippen molar-refractivity contribution in [3.63, 3.8) is 0 Å². The monoisotopic (exact) mass is 626 g/mol. The van der Waals surface area contributed by atoms with Crippen LogP contribution in [-0.2, 0) is 6.42 Å². The number of rotatable bonds is 5. The molecular weight excluding hydrogens is 597 g/mol. The summed E-state index contributed by atoms with van der Waals surface area (Å²) in [5, 5.41) is 4.50. The number of nitrogens with zero attached hydrogens (tertiary/aromatic N) is 2. The average molecular weight is 627 g/mol. The maximum Gasteiger partial charge on any atom is 0.227 e. The third-order valence-corrected chi connectivity index (χ3v) is 9.89. The van der Waals surface area contributed by atoms with E-state index in [1.165, 1.54) is 39.1 Å². The summed E-state index contributed by atoms with van der Waals surface area (Å²) in [4.78, 5) is 7.33. The SMILES string of the molecule is c1ccc(-c2ccc(N(c3ccc4ccc5ccc6nc(-c7ccccc7)oc6c5c4c3)c3cccc4c3-c3ccccc3C4)cc2)cc1. The first-order valence-corrected chi connectivity index (χ1v) is 16.8. The van der Waals surface area contributed by atoms with Gasteiger partial charge in [-0.2, -0.15) is 0 Å². The van der Waals surface area contributed by atoms with Gasteiger partial charge < -0.3 is 9.32 Å². The van der Waals surface area contributed by atoms with Crippen molar-refractivity contribution in [3.8, 4) is 33.7 Å². The van der Waals surface area contributed by atoms with Crippen LogP contribution in [0.15, 0.2) is 174 Å². The topological polar surface area (TPSA) is 29.3 Å². The highest BCUT2D eigenvalue weighted by Crippen LogP contribution is 2.48. The lowest BCUT2D eigenvalue weighted by Crippen LogP contribution is -2.11. The standard InChI is InChI=1S/C46H30N2O/c1-3-10-30(11-4-1)31-20-24-37(25-21-31)48(42-17-9-15-36-28-35-14-7-8-16-39(35)43(36)42)38-26-22-32-18-19-33-23-27-41-45(44(33)40(32)29-38)49-46(47-41)34-12-5-2-6-13-34/h1-27,29H,28H2. The summed E-state index contributed by atoms with van der Waals surface area (Å²) in [6, 6.07) is 60.6. The molecule has 0 aliphatic heterocycles. The first-order chi connectivity index (χ1) is 24.3. The molecule has 0 N–H and O–H groups in total. The molecule has 1 aliphatic carbocycles. The van der Waals surface area contributed by atoms with Gasteiger partial charge in [0.15, 0.2) is 5.58 Å². The van der Waals surface area contributed by atoms with Gasteiger partial charge >= 0.3 is 0 Å². The van der Waals surface area contributed by atoms with Gasteiger partial charge in [-0.1, -0.05) is 121 Å². The largest absolute Gasteiger partial charge is 0.435 e. The highest BCUT2D eigenvalue weighted by molar-refractivity contribution is 6.18. The van der Waals surface area contributed by atoms with E-state index in [-0.39, 0.29) is 0 Å². The number of benzene rings is 8. The molecule has 0 saturated carbocycles. The summed E-state index contributed by atoms with van der Waals surface area (Å²) in [6.45, 7) is 0. The van der Waals surface area contributed by atoms with Crippen molar-refractivity contribution < 1.29 is 4.42 Å². The lowest BCUT2D eigenvalue weighted by atomic mass is 9.98. The summed E-state index contributed by atoms with van der Waals surface area (Å²) >= 11 is 0. The zero-order valence-electron chi connectivity index (χ0n) is 26.7. The molecule has 0 atom stereocenters. The first kappa shape index (κ1) is 27.6. The Bertz CT molecular complexity index is 2670. The van der Waals surface area contributed by atoms with Crippen LogP contribution < -0.4 is 4.90 Å². The van der Waals surface area contributed by atoms with Gasteiger partial charge in [0, 0.05) is 27.9 Å². The fourth-order valence-electron chi connectivity index (χ4n) is 7.57. The van der Waals surface area contributed by atoms with E-state index in [1.807, 2.05) is 30.3 Å². The molecule has 1 heterocycles. The average Bonchev–Trinajstić information content (AvgIpc) is 3.78. The molecule has 3 heteroatoms. The van der Waals surface area contributed by atoms with E-state index in [1.54, 1.807) is 0 Å². The number of fused-ring (bicyclic) bond motifs is 8. The van der Waals surface area contributed by atoms with Crippen LogP contribution in [0, 0.1) is 0 Å². The number of hydrogen-bond donors (Lipinski definition) is 0. The smallest absolute Gasteiger partial charge is 0.227 e. The number of oxazole rings is 1. The third-order valence-electron chi connectivity index (χ3n) is 9.89. The molecule has 1 aliphatic rings. The predicted octanol–water partition coefficient (Wildman–Crippen LogP) is 12.5. The van der Waals surface area contributed by atoms with Gasteiger partial charge in [-0.3, -0.25) is 0 Å². The van der Waals surface area contributed by atoms with Crippen LogP contribution in [0.2, 0.25) is 0 Å². The van der Waals surface area contributed by atoms with Gasteiger partial charge in [0.2, 0.25) is 5.89 Å². The minimum atomic E-state index is 0.634. The molecule has 230 valence electrons. The number of aromatic nitrogens is 1. The fourth-order valence-corrected chi connectivity index (χ4v) is 7.57. The molecule has 0 radical (unpaired) electrons. The number of hydrogen-bond acceptors (Lipinski definition) is 3. The van der Waals surface area contributed by atoms with Gasteiger partial charge in [0.1, 0.15) is 5.52 Å². The van der Waals surface area contributed by atoms with Crippen LogP contribution >= 0.6 is 0 Å². The third kappa shape index (κ3) is 4.55. The molecule has 8 aromatic carbocycles. The van der Waals surface area contributed by atoms with Crippen molar-refractivity contribution in [1.29, 1.82) is 0 Å². The Balaban J connectivity index is 1.21. The molecule has 0 fully saturated rings. The highest BCUT2D eigenvalue weighted by Gasteiger charge is 2.26. The van der Waals surface area contributed by atoms with Gasteiger partial charge in [-0.15, -0.1) is 0 Å². The second kappa shape index (κ2) is 11.1. The van der Waals surface area contributed by atoms with Crippen molar-refractivity contribution >= 4 is 49.7 Å². The Kier molecular flexibility index (Phi) is 6.25. The molecule has 0 unspecified atom stereocenters. The van der Waals surface area contributed by atoms with Crippen molar-refractivity contribution in [2.75, 3.05) is 4.90 Å². The van der Waals surface area contributed by atoms with Crippen molar-refractivity contribution in [1.82, 2.24) is 4.98 Å². The van der Waals surface area contributed by atoms with Crippen LogP contribution in [0.1, 0.15) is 11.1 Å². The van der Waals surface area contributed by atoms with Gasteiger partial charge in [-0.25, -0.2) is 4.98 Å². The normalized spacial score (nSPS) is 12.0. The zero-order valence-corrected chi connectivity index (χ0v) is 26.7. The van der Waals surface area contributed by atoms with E-state index in [9.17, 15) is 0 Å². The Hall–Kier alpha value is -6.45. The molecule has 9 aromatic rings. The Labute approximate surface area is 284 Å². The summed E-state index contributed by atoms with van der Waals surface area (Å²) in [6.07, 6.45) is 0.940. The first-order valence-electron chi connectivity index (χ1n) is 16.8. The van der Waals surface area contributed by atoms with E-state index in [0.717, 1.165) is 56.0 Å². The van der Waals surface area contributed by atoms with Gasteiger partial charge in [0.05, 0.1) is 5.69 Å². The second-order valence-corrected chi connectivity index (χ2v) is 12.8. The molecule has 49 heavy (non-hydrogen) atoms. The molecule has 0 spiro atoms. The lowest BCUT2D eigenvalue weighted by Gasteiger charge is -2.28. The number of anilines is 3. The van der Waals surface area contributed by atoms with E-state index in [4.69, 9.17) is 9.40 Å². The summed E-state index contributed by atoms with van der Waals surface area (Å²) in [5.41, 5.74) is 13.7. The molecule has 3 nitrogen and oxygen atoms in total. The van der Waals surface area contributed by atoms with Crippen molar-refractivity contribution in [3.05, 3.63) is 181 Å². The van der Waals surface area contributed by atoms with E-state index in [2.05, 4.69) is 144 Å². The van der Waals surface area contributed by atoms with Crippen molar-refractivity contribution in [2.24, 2.45) is 0 Å². The van der Waals surface area contributed by atoms with Crippen LogP contribution in [0.3, 0.4) is 0 Å². The Morgan fingerprint density at radius 2 is 1.16 bits per heavy atom. The summed E-state index contributed by atoms with van der Waals surface area (Å²) in [7, 11) is 0. The van der Waals surface area contributed by atoms with Crippen LogP contribution in [0.25, 0.3) is 66.4 Å². The quantitative estimate of drug-likeness (QED) is 0.178. The van der Waals surface area contributed by atoms with Crippen LogP contribution in [0.5, 0.6) is 0 Å². The van der Waals surface area contributed by atoms with E-state index in [0.29, 0.717) is 5.89 Å². The molecule has 0 bridgehead atoms. The second-order valence-electron chi connectivity index (χ2n) is 12.8. The lowest BCUT2D eigenvalue weighted by molar-refractivity contribution is 0.623. The summed E-state index contributed by atoms with van der Waals surface area (Å²) < 4.78 is 6.58. The van der Waals surface area contributed by atoms with E-state index < -0.39 is 0 Å². The van der Waals surface area contributed by atoms with Gasteiger partial charge in [0.25, 0.3) is 0 Å². The molecular formula is C46H30N2O. The fraction of sp³-hybridized carbons (Fsp3) is 0.0217. The predicted molar refractivity (Wildman–Crippen MR) is 203 cm³/mol. The van der Waals surface area contributed by atoms with Crippen LogP contribution in [0.4, 0.5) is 17.1 Å². The van der Waals surface area contributed by atoms with Gasteiger partial charge in [-0.05, 0) is 98.9 Å². The molecule has 0 amide bonds.